The molecule has 1 aliphatic rings. The fourth-order valence-electron chi connectivity index (χ4n) is 4.01. The van der Waals surface area contributed by atoms with Crippen molar-refractivity contribution in [1.82, 2.24) is 9.78 Å². The number of thiophene rings is 1. The summed E-state index contributed by atoms with van der Waals surface area (Å²) < 4.78 is 42.3. The minimum Gasteiger partial charge on any atom is -0.363 e. The predicted octanol–water partition coefficient (Wildman–Crippen LogP) is 5.60. The van der Waals surface area contributed by atoms with Crippen molar-refractivity contribution in [3.63, 3.8) is 0 Å². The van der Waals surface area contributed by atoms with E-state index >= 15 is 0 Å². The zero-order valence-corrected chi connectivity index (χ0v) is 18.1. The second-order valence-corrected chi connectivity index (χ2v) is 8.74. The summed E-state index contributed by atoms with van der Waals surface area (Å²) in [5, 5.41) is 19.6. The van der Waals surface area contributed by atoms with Crippen molar-refractivity contribution in [2.45, 2.75) is 44.9 Å². The van der Waals surface area contributed by atoms with Gasteiger partial charge in [0.25, 0.3) is 5.91 Å². The number of nitrogens with zero attached hydrogens (tertiary/aromatic N) is 3. The van der Waals surface area contributed by atoms with Crippen LogP contribution in [0.25, 0.3) is 0 Å². The summed E-state index contributed by atoms with van der Waals surface area (Å²) in [6.45, 7) is 3.78. The van der Waals surface area contributed by atoms with E-state index in [-0.39, 0.29) is 17.8 Å². The number of aromatic nitrogens is 2. The zero-order chi connectivity index (χ0) is 23.0. The van der Waals surface area contributed by atoms with E-state index in [1.165, 1.54) is 11.3 Å². The minimum atomic E-state index is -4.53. The molecule has 2 atom stereocenters. The molecule has 4 rings (SSSR count). The molecule has 0 saturated carbocycles. The van der Waals surface area contributed by atoms with Crippen LogP contribution in [-0.2, 0) is 6.42 Å². The monoisotopic (exact) mass is 459 g/mol. The first-order valence-corrected chi connectivity index (χ1v) is 10.9. The molecule has 3 heterocycles. The summed E-state index contributed by atoms with van der Waals surface area (Å²) in [4.78, 5) is 13.9. The number of carbonyl (C=O) groups excluding carboxylic acids is 1. The topological polar surface area (TPSA) is 82.7 Å². The number of hydrogen-bond donors (Lipinski definition) is 2. The van der Waals surface area contributed by atoms with Crippen LogP contribution in [0.1, 0.15) is 57.4 Å². The lowest BCUT2D eigenvalue weighted by Gasteiger charge is -2.34. The highest BCUT2D eigenvalue weighted by Crippen LogP contribution is 2.44. The number of nitriles is 1. The van der Waals surface area contributed by atoms with Gasteiger partial charge in [0.15, 0.2) is 6.04 Å². The van der Waals surface area contributed by atoms with Crippen molar-refractivity contribution in [1.29, 1.82) is 5.26 Å². The Morgan fingerprint density at radius 2 is 2.09 bits per heavy atom. The molecule has 0 radical (unpaired) electrons. The maximum absolute atomic E-state index is 13.8. The zero-order valence-electron chi connectivity index (χ0n) is 17.3. The van der Waals surface area contributed by atoms with Gasteiger partial charge in [-0.3, -0.25) is 4.79 Å². The number of amides is 1. The Hall–Kier alpha value is -3.32. The molecule has 1 aliphatic heterocycles. The Morgan fingerprint density at radius 1 is 1.38 bits per heavy atom. The number of aryl methyl sites for hydroxylation is 1. The van der Waals surface area contributed by atoms with Crippen LogP contribution in [0, 0.1) is 18.3 Å². The number of carbonyl (C=O) groups is 1. The van der Waals surface area contributed by atoms with E-state index in [9.17, 15) is 23.2 Å². The van der Waals surface area contributed by atoms with Gasteiger partial charge in [-0.1, -0.05) is 37.3 Å². The summed E-state index contributed by atoms with van der Waals surface area (Å²) in [7, 11) is 0. The van der Waals surface area contributed by atoms with E-state index in [0.717, 1.165) is 21.3 Å². The van der Waals surface area contributed by atoms with Gasteiger partial charge >= 0.3 is 6.18 Å². The highest BCUT2D eigenvalue weighted by atomic mass is 32.1. The molecule has 0 aliphatic carbocycles. The van der Waals surface area contributed by atoms with Crippen molar-refractivity contribution < 1.29 is 18.0 Å². The summed E-state index contributed by atoms with van der Waals surface area (Å²) in [6.07, 6.45) is -3.00. The molecule has 10 heteroatoms. The Kier molecular flexibility index (Phi) is 5.69. The third-order valence-corrected chi connectivity index (χ3v) is 6.65. The van der Waals surface area contributed by atoms with Crippen molar-refractivity contribution in [3.05, 3.63) is 63.7 Å². The summed E-state index contributed by atoms with van der Waals surface area (Å²) in [6, 6.07) is 8.41. The molecule has 0 saturated heterocycles. The van der Waals surface area contributed by atoms with Gasteiger partial charge in [-0.05, 0) is 24.5 Å². The number of halogens is 3. The molecule has 0 unspecified atom stereocenters. The lowest BCUT2D eigenvalue weighted by Crippen LogP contribution is -2.36. The predicted molar refractivity (Wildman–Crippen MR) is 116 cm³/mol. The SMILES string of the molecule is CCc1c(C)sc(NC(=O)c2cnn3c2N[C@@H](c2ccccc2)C[C@H]3C(F)(F)F)c1C#N. The number of hydrogen-bond acceptors (Lipinski definition) is 5. The average molecular weight is 459 g/mol. The van der Waals surface area contributed by atoms with E-state index in [0.29, 0.717) is 22.5 Å². The molecule has 0 bridgehead atoms. The molecule has 2 aromatic heterocycles. The van der Waals surface area contributed by atoms with Gasteiger partial charge in [-0.25, -0.2) is 4.68 Å². The molecule has 1 aromatic carbocycles. The smallest absolute Gasteiger partial charge is 0.363 e. The summed E-state index contributed by atoms with van der Waals surface area (Å²) >= 11 is 1.27. The molecular weight excluding hydrogens is 439 g/mol. The summed E-state index contributed by atoms with van der Waals surface area (Å²) in [5.41, 5.74) is 1.92. The van der Waals surface area contributed by atoms with E-state index in [2.05, 4.69) is 21.8 Å². The fraction of sp³-hybridized carbons (Fsp3) is 0.318. The van der Waals surface area contributed by atoms with E-state index in [4.69, 9.17) is 0 Å². The second kappa shape index (κ2) is 8.31. The van der Waals surface area contributed by atoms with Gasteiger partial charge in [-0.2, -0.15) is 23.5 Å². The van der Waals surface area contributed by atoms with E-state index < -0.39 is 24.2 Å². The number of fused-ring (bicyclic) bond motifs is 1. The molecule has 6 nitrogen and oxygen atoms in total. The third-order valence-electron chi connectivity index (χ3n) is 5.59. The van der Waals surface area contributed by atoms with Crippen LogP contribution in [0.5, 0.6) is 0 Å². The lowest BCUT2D eigenvalue weighted by atomic mass is 9.96. The van der Waals surface area contributed by atoms with Gasteiger partial charge in [0.05, 0.1) is 17.8 Å². The number of anilines is 2. The van der Waals surface area contributed by atoms with Crippen molar-refractivity contribution >= 4 is 28.1 Å². The van der Waals surface area contributed by atoms with E-state index in [1.807, 2.05) is 13.8 Å². The normalized spacial score (nSPS) is 17.9. The standard InChI is InChI=1S/C22H20F3N5OS/c1-3-14-12(2)32-21(15(14)10-26)29-20(31)16-11-27-30-18(22(23,24)25)9-17(28-19(16)30)13-7-5-4-6-8-13/h4-8,11,17-18,28H,3,9H2,1-2H3,(H,29,31)/t17-,18+/m1/s1. The molecule has 166 valence electrons. The van der Waals surface area contributed by atoms with E-state index in [1.54, 1.807) is 30.3 Å². The van der Waals surface area contributed by atoms with Gasteiger partial charge in [-0.15, -0.1) is 11.3 Å². The van der Waals surface area contributed by atoms with Crippen LogP contribution in [0.4, 0.5) is 24.0 Å². The van der Waals surface area contributed by atoms with Crippen molar-refractivity contribution in [3.8, 4) is 6.07 Å². The number of benzene rings is 1. The van der Waals surface area contributed by atoms with Crippen molar-refractivity contribution in [2.75, 3.05) is 10.6 Å². The van der Waals surface area contributed by atoms with Crippen LogP contribution in [0.15, 0.2) is 36.5 Å². The average Bonchev–Trinajstić information content (AvgIpc) is 3.32. The molecule has 2 N–H and O–H groups in total. The molecule has 1 amide bonds. The van der Waals surface area contributed by atoms with Crippen LogP contribution in [0.3, 0.4) is 0 Å². The Morgan fingerprint density at radius 3 is 2.72 bits per heavy atom. The number of alkyl halides is 3. The van der Waals surface area contributed by atoms with Gasteiger partial charge < -0.3 is 10.6 Å². The highest BCUT2D eigenvalue weighted by Gasteiger charge is 2.47. The third kappa shape index (κ3) is 3.84. The maximum atomic E-state index is 13.8. The van der Waals surface area contributed by atoms with Gasteiger partial charge in [0.2, 0.25) is 0 Å². The van der Waals surface area contributed by atoms with Crippen LogP contribution < -0.4 is 10.6 Å². The largest absolute Gasteiger partial charge is 0.410 e. The molecule has 0 fully saturated rings. The highest BCUT2D eigenvalue weighted by molar-refractivity contribution is 7.16. The Labute approximate surface area is 186 Å². The van der Waals surface area contributed by atoms with Gasteiger partial charge in [0, 0.05) is 11.3 Å². The maximum Gasteiger partial charge on any atom is 0.410 e. The van der Waals surface area contributed by atoms with Crippen molar-refractivity contribution in [2.24, 2.45) is 0 Å². The first-order chi connectivity index (χ1) is 15.2. The number of rotatable bonds is 4. The molecule has 0 spiro atoms. The first-order valence-electron chi connectivity index (χ1n) is 10.0. The second-order valence-electron chi connectivity index (χ2n) is 7.51. The molecular formula is C22H20F3N5OS. The lowest BCUT2D eigenvalue weighted by molar-refractivity contribution is -0.173. The Bertz CT molecular complexity index is 1190. The Balaban J connectivity index is 1.71. The van der Waals surface area contributed by atoms with Crippen LogP contribution >= 0.6 is 11.3 Å². The fourth-order valence-corrected chi connectivity index (χ4v) is 5.10. The summed E-state index contributed by atoms with van der Waals surface area (Å²) in [5.74, 6) is -0.610. The quantitative estimate of drug-likeness (QED) is 0.532. The van der Waals surface area contributed by atoms with Crippen LogP contribution in [0.2, 0.25) is 0 Å². The van der Waals surface area contributed by atoms with Gasteiger partial charge in [0.1, 0.15) is 22.5 Å². The minimum absolute atomic E-state index is 0.00660. The molecule has 3 aromatic rings. The van der Waals surface area contributed by atoms with Crippen LogP contribution in [-0.4, -0.2) is 21.9 Å². The first kappa shape index (κ1) is 21.9. The molecule has 32 heavy (non-hydrogen) atoms. The number of nitrogens with one attached hydrogen (secondary N) is 2.